The van der Waals surface area contributed by atoms with Crippen molar-refractivity contribution in [3.8, 4) is 5.75 Å². The second-order valence-corrected chi connectivity index (χ2v) is 8.82. The summed E-state index contributed by atoms with van der Waals surface area (Å²) in [5.74, 6) is -0.329. The van der Waals surface area contributed by atoms with Crippen molar-refractivity contribution < 1.29 is 19.1 Å². The molecule has 0 atom stereocenters. The number of thiophene rings is 1. The predicted octanol–water partition coefficient (Wildman–Crippen LogP) is 4.70. The number of anilines is 1. The molecular weight excluding hydrogens is 476 g/mol. The molecule has 2 aromatic rings. The van der Waals surface area contributed by atoms with Gasteiger partial charge in [0.1, 0.15) is 10.8 Å². The van der Waals surface area contributed by atoms with Gasteiger partial charge in [-0.15, -0.1) is 11.3 Å². The summed E-state index contributed by atoms with van der Waals surface area (Å²) in [6, 6.07) is 5.14. The Balaban J connectivity index is 1.80. The summed E-state index contributed by atoms with van der Waals surface area (Å²) < 4.78 is 11.2. The van der Waals surface area contributed by atoms with Crippen molar-refractivity contribution >= 4 is 61.5 Å². The fourth-order valence-electron chi connectivity index (χ4n) is 3.24. The van der Waals surface area contributed by atoms with E-state index in [4.69, 9.17) is 21.7 Å². The molecular formula is C20H21BrN2O4S2. The number of aryl methyl sites for hydroxylation is 1. The number of esters is 1. The molecule has 3 rings (SSSR count). The van der Waals surface area contributed by atoms with Gasteiger partial charge in [-0.2, -0.15) is 0 Å². The third-order valence-corrected chi connectivity index (χ3v) is 6.42. The first kappa shape index (κ1) is 21.7. The van der Waals surface area contributed by atoms with E-state index < -0.39 is 5.91 Å². The first-order valence-corrected chi connectivity index (χ1v) is 11.2. The number of fused-ring (bicyclic) bond motifs is 1. The topological polar surface area (TPSA) is 76.7 Å². The van der Waals surface area contributed by atoms with Gasteiger partial charge in [-0.05, 0) is 68.6 Å². The Morgan fingerprint density at radius 2 is 2.03 bits per heavy atom. The first-order valence-electron chi connectivity index (χ1n) is 9.22. The van der Waals surface area contributed by atoms with Crippen LogP contribution >= 0.6 is 39.5 Å². The highest BCUT2D eigenvalue weighted by Crippen LogP contribution is 2.38. The number of halogens is 1. The molecule has 0 unspecified atom stereocenters. The van der Waals surface area contributed by atoms with Crippen LogP contribution in [0.5, 0.6) is 5.75 Å². The Kier molecular flexibility index (Phi) is 7.26. The highest BCUT2D eigenvalue weighted by atomic mass is 79.9. The van der Waals surface area contributed by atoms with Crippen LogP contribution in [0.2, 0.25) is 0 Å². The Labute approximate surface area is 187 Å². The van der Waals surface area contributed by atoms with Gasteiger partial charge in [0.25, 0.3) is 5.91 Å². The van der Waals surface area contributed by atoms with E-state index in [9.17, 15) is 9.59 Å². The molecule has 0 saturated carbocycles. The Morgan fingerprint density at radius 1 is 1.28 bits per heavy atom. The number of methoxy groups -OCH3 is 1. The molecule has 1 heterocycles. The maximum atomic E-state index is 12.7. The fourth-order valence-corrected chi connectivity index (χ4v) is 5.14. The Morgan fingerprint density at radius 3 is 2.76 bits per heavy atom. The minimum Gasteiger partial charge on any atom is -0.496 e. The van der Waals surface area contributed by atoms with Gasteiger partial charge >= 0.3 is 5.97 Å². The van der Waals surface area contributed by atoms with Crippen LogP contribution in [0.15, 0.2) is 22.7 Å². The lowest BCUT2D eigenvalue weighted by Gasteiger charge is -2.13. The van der Waals surface area contributed by atoms with Crippen LogP contribution in [0.1, 0.15) is 50.9 Å². The highest BCUT2D eigenvalue weighted by Gasteiger charge is 2.27. The molecule has 0 fully saturated rings. The lowest BCUT2D eigenvalue weighted by molar-refractivity contribution is 0.0526. The first-order chi connectivity index (χ1) is 13.9. The zero-order chi connectivity index (χ0) is 21.0. The van der Waals surface area contributed by atoms with Crippen LogP contribution in [0.4, 0.5) is 5.00 Å². The van der Waals surface area contributed by atoms with Crippen LogP contribution in [0.25, 0.3) is 0 Å². The molecule has 2 N–H and O–H groups in total. The van der Waals surface area contributed by atoms with E-state index in [0.717, 1.165) is 35.7 Å². The molecule has 29 heavy (non-hydrogen) atoms. The second kappa shape index (κ2) is 9.69. The molecule has 0 saturated heterocycles. The van der Waals surface area contributed by atoms with Crippen molar-refractivity contribution in [2.45, 2.75) is 32.6 Å². The third-order valence-electron chi connectivity index (χ3n) is 4.51. The van der Waals surface area contributed by atoms with E-state index in [-0.39, 0.29) is 11.1 Å². The van der Waals surface area contributed by atoms with Crippen molar-refractivity contribution in [1.82, 2.24) is 5.32 Å². The SMILES string of the molecule is CCOC(=O)c1c(NC(=S)NC(=O)c2cc(Br)ccc2OC)sc2c1CCCC2. The number of rotatable bonds is 5. The molecule has 0 bridgehead atoms. The van der Waals surface area contributed by atoms with Crippen molar-refractivity contribution in [2.24, 2.45) is 0 Å². The average Bonchev–Trinajstić information content (AvgIpc) is 3.05. The van der Waals surface area contributed by atoms with Gasteiger partial charge in [-0.1, -0.05) is 15.9 Å². The van der Waals surface area contributed by atoms with Crippen molar-refractivity contribution in [1.29, 1.82) is 0 Å². The molecule has 6 nitrogen and oxygen atoms in total. The number of thiocarbonyl (C=S) groups is 1. The Hall–Kier alpha value is -1.97. The molecule has 154 valence electrons. The lowest BCUT2D eigenvalue weighted by atomic mass is 9.95. The second-order valence-electron chi connectivity index (χ2n) is 6.39. The third kappa shape index (κ3) is 4.96. The number of nitrogens with one attached hydrogen (secondary N) is 2. The van der Waals surface area contributed by atoms with Crippen LogP contribution in [0.3, 0.4) is 0 Å². The minimum atomic E-state index is -0.403. The maximum absolute atomic E-state index is 12.7. The van der Waals surface area contributed by atoms with E-state index in [1.54, 1.807) is 25.1 Å². The number of carbonyl (C=O) groups is 2. The summed E-state index contributed by atoms with van der Waals surface area (Å²) in [5, 5.41) is 6.41. The number of hydrogen-bond donors (Lipinski definition) is 2. The maximum Gasteiger partial charge on any atom is 0.341 e. The summed E-state index contributed by atoms with van der Waals surface area (Å²) in [4.78, 5) is 26.4. The predicted molar refractivity (Wildman–Crippen MR) is 121 cm³/mol. The molecule has 0 spiro atoms. The fraction of sp³-hybridized carbons (Fsp3) is 0.350. The molecule has 9 heteroatoms. The molecule has 1 aliphatic rings. The minimum absolute atomic E-state index is 0.112. The van der Waals surface area contributed by atoms with Crippen LogP contribution in [-0.4, -0.2) is 30.7 Å². The van der Waals surface area contributed by atoms with Gasteiger partial charge in [-0.3, -0.25) is 10.1 Å². The molecule has 1 aliphatic carbocycles. The largest absolute Gasteiger partial charge is 0.496 e. The highest BCUT2D eigenvalue weighted by molar-refractivity contribution is 9.10. The van der Waals surface area contributed by atoms with E-state index in [2.05, 4.69) is 26.6 Å². The summed E-state index contributed by atoms with van der Waals surface area (Å²) in [6.07, 6.45) is 3.91. The normalized spacial score (nSPS) is 12.7. The van der Waals surface area contributed by atoms with Gasteiger partial charge in [0.15, 0.2) is 5.11 Å². The summed E-state index contributed by atoms with van der Waals surface area (Å²) in [6.45, 7) is 2.08. The Bertz CT molecular complexity index is 958. The standard InChI is InChI=1S/C20H21BrN2O4S2/c1-3-27-19(25)16-12-6-4-5-7-15(12)29-18(16)23-20(28)22-17(24)13-10-11(21)8-9-14(13)26-2/h8-10H,3-7H2,1-2H3,(H2,22,23,24,28). The summed E-state index contributed by atoms with van der Waals surface area (Å²) >= 11 is 10.2. The van der Waals surface area contributed by atoms with Gasteiger partial charge in [0.05, 0.1) is 24.8 Å². The van der Waals surface area contributed by atoms with E-state index in [1.807, 2.05) is 0 Å². The monoisotopic (exact) mass is 496 g/mol. The number of carbonyl (C=O) groups excluding carboxylic acids is 2. The van der Waals surface area contributed by atoms with Crippen molar-refractivity contribution in [3.05, 3.63) is 44.2 Å². The van der Waals surface area contributed by atoms with Gasteiger partial charge < -0.3 is 14.8 Å². The van der Waals surface area contributed by atoms with Gasteiger partial charge in [0, 0.05) is 9.35 Å². The van der Waals surface area contributed by atoms with Gasteiger partial charge in [-0.25, -0.2) is 4.79 Å². The van der Waals surface area contributed by atoms with Crippen molar-refractivity contribution in [2.75, 3.05) is 19.0 Å². The van der Waals surface area contributed by atoms with E-state index in [1.165, 1.54) is 23.3 Å². The molecule has 1 aromatic heterocycles. The number of benzene rings is 1. The quantitative estimate of drug-likeness (QED) is 0.461. The molecule has 1 aromatic carbocycles. The molecule has 0 radical (unpaired) electrons. The van der Waals surface area contributed by atoms with Gasteiger partial charge in [0.2, 0.25) is 0 Å². The van der Waals surface area contributed by atoms with Crippen LogP contribution < -0.4 is 15.4 Å². The number of ether oxygens (including phenoxy) is 2. The molecule has 0 aliphatic heterocycles. The number of hydrogen-bond acceptors (Lipinski definition) is 6. The summed E-state index contributed by atoms with van der Waals surface area (Å²) in [5.41, 5.74) is 1.91. The smallest absolute Gasteiger partial charge is 0.341 e. The van der Waals surface area contributed by atoms with E-state index >= 15 is 0 Å². The number of amides is 1. The zero-order valence-electron chi connectivity index (χ0n) is 16.1. The average molecular weight is 497 g/mol. The lowest BCUT2D eigenvalue weighted by Crippen LogP contribution is -2.34. The molecule has 1 amide bonds. The van der Waals surface area contributed by atoms with E-state index in [0.29, 0.717) is 28.5 Å². The summed E-state index contributed by atoms with van der Waals surface area (Å²) in [7, 11) is 1.50. The van der Waals surface area contributed by atoms with Crippen LogP contribution in [-0.2, 0) is 17.6 Å². The van der Waals surface area contributed by atoms with Crippen molar-refractivity contribution in [3.63, 3.8) is 0 Å². The zero-order valence-corrected chi connectivity index (χ0v) is 19.3. The van der Waals surface area contributed by atoms with Crippen LogP contribution in [0, 0.1) is 0 Å².